The standard InChI is InChI=1S/C13H18FN3S/c14-12-4-2-1-3-11(12)9-16-5-7-17(8-6-16)10-13(15)18/h1-4H,5-10H2,(H2,15,18). The van der Waals surface area contributed by atoms with Crippen molar-refractivity contribution < 1.29 is 4.39 Å². The molecule has 98 valence electrons. The number of nitrogens with zero attached hydrogens (tertiary/aromatic N) is 2. The van der Waals surface area contributed by atoms with Gasteiger partial charge in [-0.05, 0) is 6.07 Å². The second kappa shape index (κ2) is 6.22. The van der Waals surface area contributed by atoms with E-state index in [1.807, 2.05) is 12.1 Å². The summed E-state index contributed by atoms with van der Waals surface area (Å²) in [5.74, 6) is -0.122. The summed E-state index contributed by atoms with van der Waals surface area (Å²) in [6.07, 6.45) is 0. The molecule has 3 nitrogen and oxygen atoms in total. The van der Waals surface area contributed by atoms with Crippen LogP contribution in [0, 0.1) is 5.82 Å². The Bertz CT molecular complexity index is 416. The van der Waals surface area contributed by atoms with Gasteiger partial charge in [-0.1, -0.05) is 30.4 Å². The van der Waals surface area contributed by atoms with Crippen LogP contribution in [-0.4, -0.2) is 47.5 Å². The van der Waals surface area contributed by atoms with Crippen LogP contribution >= 0.6 is 12.2 Å². The first-order chi connectivity index (χ1) is 8.65. The average Bonchev–Trinajstić information content (AvgIpc) is 2.34. The SMILES string of the molecule is NC(=S)CN1CCN(Cc2ccccc2F)CC1. The minimum atomic E-state index is -0.122. The summed E-state index contributed by atoms with van der Waals surface area (Å²) in [6, 6.07) is 6.95. The summed E-state index contributed by atoms with van der Waals surface area (Å²) >= 11 is 4.90. The quantitative estimate of drug-likeness (QED) is 0.832. The molecule has 0 aliphatic carbocycles. The highest BCUT2D eigenvalue weighted by atomic mass is 32.1. The maximum absolute atomic E-state index is 13.5. The van der Waals surface area contributed by atoms with Crippen LogP contribution in [0.1, 0.15) is 5.56 Å². The lowest BCUT2D eigenvalue weighted by Gasteiger charge is -2.34. The van der Waals surface area contributed by atoms with E-state index < -0.39 is 0 Å². The molecule has 1 aromatic carbocycles. The van der Waals surface area contributed by atoms with Gasteiger partial charge in [0, 0.05) is 44.8 Å². The number of nitrogens with two attached hydrogens (primary N) is 1. The Morgan fingerprint density at radius 3 is 2.39 bits per heavy atom. The Hall–Kier alpha value is -1.04. The van der Waals surface area contributed by atoms with Gasteiger partial charge in [0.1, 0.15) is 5.82 Å². The Balaban J connectivity index is 1.84. The molecular formula is C13H18FN3S. The lowest BCUT2D eigenvalue weighted by atomic mass is 10.2. The third-order valence-electron chi connectivity index (χ3n) is 3.20. The first-order valence-corrected chi connectivity index (χ1v) is 6.52. The number of hydrogen-bond acceptors (Lipinski definition) is 3. The molecule has 0 radical (unpaired) electrons. The second-order valence-electron chi connectivity index (χ2n) is 4.61. The molecule has 18 heavy (non-hydrogen) atoms. The van der Waals surface area contributed by atoms with Crippen molar-refractivity contribution in [1.82, 2.24) is 9.80 Å². The molecule has 0 saturated carbocycles. The van der Waals surface area contributed by atoms with Crippen molar-refractivity contribution in [3.8, 4) is 0 Å². The van der Waals surface area contributed by atoms with Gasteiger partial charge in [0.15, 0.2) is 0 Å². The van der Waals surface area contributed by atoms with E-state index >= 15 is 0 Å². The second-order valence-corrected chi connectivity index (χ2v) is 5.13. The predicted octanol–water partition coefficient (Wildman–Crippen LogP) is 1.23. The summed E-state index contributed by atoms with van der Waals surface area (Å²) in [5, 5.41) is 0. The zero-order valence-electron chi connectivity index (χ0n) is 10.3. The monoisotopic (exact) mass is 267 g/mol. The van der Waals surface area contributed by atoms with E-state index in [-0.39, 0.29) is 5.82 Å². The minimum absolute atomic E-state index is 0.122. The van der Waals surface area contributed by atoms with Crippen molar-refractivity contribution in [2.75, 3.05) is 32.7 Å². The van der Waals surface area contributed by atoms with Crippen molar-refractivity contribution in [1.29, 1.82) is 0 Å². The zero-order chi connectivity index (χ0) is 13.0. The third kappa shape index (κ3) is 3.73. The van der Waals surface area contributed by atoms with Gasteiger partial charge in [-0.25, -0.2) is 4.39 Å². The number of rotatable bonds is 4. The van der Waals surface area contributed by atoms with Crippen LogP contribution in [0.25, 0.3) is 0 Å². The van der Waals surface area contributed by atoms with Crippen molar-refractivity contribution in [3.63, 3.8) is 0 Å². The highest BCUT2D eigenvalue weighted by molar-refractivity contribution is 7.80. The predicted molar refractivity (Wildman–Crippen MR) is 74.9 cm³/mol. The summed E-state index contributed by atoms with van der Waals surface area (Å²) in [7, 11) is 0. The molecule has 5 heteroatoms. The van der Waals surface area contributed by atoms with E-state index in [2.05, 4.69) is 9.80 Å². The van der Waals surface area contributed by atoms with Crippen LogP contribution in [0.2, 0.25) is 0 Å². The molecule has 0 unspecified atom stereocenters. The minimum Gasteiger partial charge on any atom is -0.392 e. The molecule has 0 spiro atoms. The maximum atomic E-state index is 13.5. The van der Waals surface area contributed by atoms with Crippen LogP contribution in [-0.2, 0) is 6.54 Å². The van der Waals surface area contributed by atoms with E-state index in [0.29, 0.717) is 18.1 Å². The number of benzene rings is 1. The van der Waals surface area contributed by atoms with Crippen molar-refractivity contribution in [3.05, 3.63) is 35.6 Å². The van der Waals surface area contributed by atoms with Crippen LogP contribution < -0.4 is 5.73 Å². The lowest BCUT2D eigenvalue weighted by Crippen LogP contribution is -2.48. The number of thiocarbonyl (C=S) groups is 1. The summed E-state index contributed by atoms with van der Waals surface area (Å²) in [4.78, 5) is 5.03. The summed E-state index contributed by atoms with van der Waals surface area (Å²) in [5.41, 5.74) is 6.29. The Labute approximate surface area is 112 Å². The number of hydrogen-bond donors (Lipinski definition) is 1. The van der Waals surface area contributed by atoms with Gasteiger partial charge >= 0.3 is 0 Å². The van der Waals surface area contributed by atoms with Gasteiger partial charge in [-0.2, -0.15) is 0 Å². The summed E-state index contributed by atoms with van der Waals surface area (Å²) < 4.78 is 13.5. The van der Waals surface area contributed by atoms with Crippen LogP contribution in [0.3, 0.4) is 0 Å². The lowest BCUT2D eigenvalue weighted by molar-refractivity contribution is 0.139. The van der Waals surface area contributed by atoms with E-state index in [1.54, 1.807) is 6.07 Å². The first-order valence-electron chi connectivity index (χ1n) is 6.11. The summed E-state index contributed by atoms with van der Waals surface area (Å²) in [6.45, 7) is 5.09. The van der Waals surface area contributed by atoms with E-state index in [9.17, 15) is 4.39 Å². The molecule has 1 saturated heterocycles. The average molecular weight is 267 g/mol. The van der Waals surface area contributed by atoms with Gasteiger partial charge in [-0.15, -0.1) is 0 Å². The molecular weight excluding hydrogens is 249 g/mol. The fourth-order valence-corrected chi connectivity index (χ4v) is 2.38. The maximum Gasteiger partial charge on any atom is 0.127 e. The van der Waals surface area contributed by atoms with Crippen molar-refractivity contribution >= 4 is 17.2 Å². The molecule has 1 aliphatic heterocycles. The number of piperazine rings is 1. The fourth-order valence-electron chi connectivity index (χ4n) is 2.19. The molecule has 1 aromatic rings. The van der Waals surface area contributed by atoms with E-state index in [4.69, 9.17) is 18.0 Å². The van der Waals surface area contributed by atoms with Crippen LogP contribution in [0.5, 0.6) is 0 Å². The smallest absolute Gasteiger partial charge is 0.127 e. The Morgan fingerprint density at radius 1 is 1.17 bits per heavy atom. The highest BCUT2D eigenvalue weighted by Crippen LogP contribution is 2.11. The molecule has 0 aromatic heterocycles. The van der Waals surface area contributed by atoms with Gasteiger partial charge < -0.3 is 5.73 Å². The Kier molecular flexibility index (Phi) is 4.63. The van der Waals surface area contributed by atoms with Crippen LogP contribution in [0.15, 0.2) is 24.3 Å². The molecule has 2 rings (SSSR count). The van der Waals surface area contributed by atoms with Gasteiger partial charge in [0.05, 0.1) is 4.99 Å². The largest absolute Gasteiger partial charge is 0.392 e. The molecule has 2 N–H and O–H groups in total. The fraction of sp³-hybridized carbons (Fsp3) is 0.462. The first kappa shape index (κ1) is 13.4. The molecule has 0 amide bonds. The molecule has 1 aliphatic rings. The third-order valence-corrected chi connectivity index (χ3v) is 3.33. The van der Waals surface area contributed by atoms with Crippen molar-refractivity contribution in [2.24, 2.45) is 5.73 Å². The van der Waals surface area contributed by atoms with Crippen molar-refractivity contribution in [2.45, 2.75) is 6.54 Å². The molecule has 0 atom stereocenters. The van der Waals surface area contributed by atoms with Crippen LogP contribution in [0.4, 0.5) is 4.39 Å². The van der Waals surface area contributed by atoms with E-state index in [1.165, 1.54) is 6.07 Å². The molecule has 1 fully saturated rings. The van der Waals surface area contributed by atoms with Gasteiger partial charge in [0.2, 0.25) is 0 Å². The molecule has 1 heterocycles. The van der Waals surface area contributed by atoms with Gasteiger partial charge in [-0.3, -0.25) is 9.80 Å². The topological polar surface area (TPSA) is 32.5 Å². The number of halogens is 1. The molecule has 0 bridgehead atoms. The highest BCUT2D eigenvalue weighted by Gasteiger charge is 2.17. The zero-order valence-corrected chi connectivity index (χ0v) is 11.1. The van der Waals surface area contributed by atoms with Gasteiger partial charge in [0.25, 0.3) is 0 Å². The Morgan fingerprint density at radius 2 is 1.78 bits per heavy atom. The van der Waals surface area contributed by atoms with E-state index in [0.717, 1.165) is 31.7 Å². The normalized spacial score (nSPS) is 17.8.